The highest BCUT2D eigenvalue weighted by Gasteiger charge is 2.32. The Kier molecular flexibility index (Phi) is 2.72. The van der Waals surface area contributed by atoms with Crippen LogP contribution in [0.5, 0.6) is 0 Å². The van der Waals surface area contributed by atoms with Crippen molar-refractivity contribution in [2.45, 2.75) is 18.6 Å². The average molecular weight is 259 g/mol. The molecule has 0 spiro atoms. The summed E-state index contributed by atoms with van der Waals surface area (Å²) in [7, 11) is 0. The molecule has 0 saturated heterocycles. The lowest BCUT2D eigenvalue weighted by Crippen LogP contribution is -2.34. The maximum atomic E-state index is 12.0. The SMILES string of the molecule is O=C(N[C@@H]1c2ccccc2C[C@@H]1O)c1c[nH]c(=O)[nH]1. The monoisotopic (exact) mass is 259 g/mol. The van der Waals surface area contributed by atoms with E-state index in [1.54, 1.807) is 0 Å². The normalized spacial score (nSPS) is 21.1. The first-order valence-electron chi connectivity index (χ1n) is 5.99. The summed E-state index contributed by atoms with van der Waals surface area (Å²) in [6, 6.07) is 7.15. The number of fused-ring (bicyclic) bond motifs is 1. The number of hydrogen-bond acceptors (Lipinski definition) is 3. The van der Waals surface area contributed by atoms with Gasteiger partial charge >= 0.3 is 5.69 Å². The number of amides is 1. The number of benzene rings is 1. The molecule has 1 aliphatic rings. The topological polar surface area (TPSA) is 98.0 Å². The number of imidazole rings is 1. The molecule has 0 bridgehead atoms. The fourth-order valence-electron chi connectivity index (χ4n) is 2.42. The molecule has 0 aliphatic heterocycles. The third kappa shape index (κ3) is 2.06. The number of aliphatic hydroxyl groups excluding tert-OH is 1. The molecule has 1 aromatic heterocycles. The van der Waals surface area contributed by atoms with Gasteiger partial charge in [0, 0.05) is 12.6 Å². The number of aliphatic hydroxyl groups is 1. The van der Waals surface area contributed by atoms with Crippen LogP contribution in [-0.4, -0.2) is 27.1 Å². The van der Waals surface area contributed by atoms with Crippen molar-refractivity contribution in [3.63, 3.8) is 0 Å². The molecule has 0 saturated carbocycles. The fourth-order valence-corrected chi connectivity index (χ4v) is 2.42. The van der Waals surface area contributed by atoms with E-state index in [0.717, 1.165) is 11.1 Å². The molecule has 1 heterocycles. The molecule has 1 aromatic carbocycles. The Labute approximate surface area is 108 Å². The van der Waals surface area contributed by atoms with Crippen molar-refractivity contribution in [3.05, 3.63) is 57.8 Å². The zero-order valence-corrected chi connectivity index (χ0v) is 10.0. The van der Waals surface area contributed by atoms with Gasteiger partial charge in [0.2, 0.25) is 0 Å². The van der Waals surface area contributed by atoms with E-state index >= 15 is 0 Å². The smallest absolute Gasteiger partial charge is 0.323 e. The number of rotatable bonds is 2. The maximum absolute atomic E-state index is 12.0. The lowest BCUT2D eigenvalue weighted by atomic mass is 10.1. The molecule has 0 radical (unpaired) electrons. The first-order valence-corrected chi connectivity index (χ1v) is 5.99. The number of hydrogen-bond donors (Lipinski definition) is 4. The van der Waals surface area contributed by atoms with Gasteiger partial charge in [-0.3, -0.25) is 4.79 Å². The summed E-state index contributed by atoms with van der Waals surface area (Å²) in [5, 5.41) is 12.8. The number of carbonyl (C=O) groups excluding carboxylic acids is 1. The average Bonchev–Trinajstić information content (AvgIpc) is 2.95. The molecule has 3 rings (SSSR count). The van der Waals surface area contributed by atoms with Crippen LogP contribution in [0.3, 0.4) is 0 Å². The van der Waals surface area contributed by atoms with E-state index in [1.165, 1.54) is 6.20 Å². The highest BCUT2D eigenvalue weighted by molar-refractivity contribution is 5.92. The van der Waals surface area contributed by atoms with Crippen molar-refractivity contribution in [2.24, 2.45) is 0 Å². The Morgan fingerprint density at radius 1 is 1.37 bits per heavy atom. The second kappa shape index (κ2) is 4.40. The molecule has 19 heavy (non-hydrogen) atoms. The third-order valence-corrected chi connectivity index (χ3v) is 3.33. The summed E-state index contributed by atoms with van der Waals surface area (Å²) in [6.07, 6.45) is 1.18. The third-order valence-electron chi connectivity index (χ3n) is 3.33. The van der Waals surface area contributed by atoms with Gasteiger partial charge in [-0.1, -0.05) is 24.3 Å². The fraction of sp³-hybridized carbons (Fsp3) is 0.231. The predicted molar refractivity (Wildman–Crippen MR) is 67.8 cm³/mol. The lowest BCUT2D eigenvalue weighted by molar-refractivity contribution is 0.0853. The van der Waals surface area contributed by atoms with Crippen LogP contribution in [0, 0.1) is 0 Å². The first kappa shape index (κ1) is 11.7. The Morgan fingerprint density at radius 3 is 2.89 bits per heavy atom. The van der Waals surface area contributed by atoms with Gasteiger partial charge in [-0.2, -0.15) is 0 Å². The predicted octanol–water partition coefficient (Wildman–Crippen LogP) is 0.0911. The van der Waals surface area contributed by atoms with Crippen molar-refractivity contribution >= 4 is 5.91 Å². The second-order valence-corrected chi connectivity index (χ2v) is 4.58. The van der Waals surface area contributed by atoms with Gasteiger partial charge < -0.3 is 20.4 Å². The van der Waals surface area contributed by atoms with Gasteiger partial charge in [0.25, 0.3) is 5.91 Å². The Balaban J connectivity index is 1.84. The van der Waals surface area contributed by atoms with Crippen LogP contribution in [0.2, 0.25) is 0 Å². The van der Waals surface area contributed by atoms with Gasteiger partial charge in [0.15, 0.2) is 0 Å². The number of H-pyrrole nitrogens is 2. The number of carbonyl (C=O) groups is 1. The van der Waals surface area contributed by atoms with Crippen LogP contribution >= 0.6 is 0 Å². The number of nitrogens with one attached hydrogen (secondary N) is 3. The molecule has 0 fully saturated rings. The molecule has 98 valence electrons. The molecule has 2 atom stereocenters. The van der Waals surface area contributed by atoms with Crippen LogP contribution in [0.1, 0.15) is 27.7 Å². The number of aromatic nitrogens is 2. The van der Waals surface area contributed by atoms with Crippen LogP contribution in [0.25, 0.3) is 0 Å². The maximum Gasteiger partial charge on any atom is 0.323 e. The molecule has 4 N–H and O–H groups in total. The summed E-state index contributed by atoms with van der Waals surface area (Å²) >= 11 is 0. The second-order valence-electron chi connectivity index (χ2n) is 4.58. The zero-order valence-electron chi connectivity index (χ0n) is 10.0. The van der Waals surface area contributed by atoms with E-state index in [4.69, 9.17) is 0 Å². The van der Waals surface area contributed by atoms with Gasteiger partial charge in [-0.05, 0) is 11.1 Å². The summed E-state index contributed by atoms with van der Waals surface area (Å²) in [6.45, 7) is 0. The van der Waals surface area contributed by atoms with Crippen molar-refractivity contribution in [2.75, 3.05) is 0 Å². The number of aromatic amines is 2. The highest BCUT2D eigenvalue weighted by atomic mass is 16.3. The van der Waals surface area contributed by atoms with Crippen molar-refractivity contribution in [1.82, 2.24) is 15.3 Å². The van der Waals surface area contributed by atoms with Crippen LogP contribution in [-0.2, 0) is 6.42 Å². The van der Waals surface area contributed by atoms with Gasteiger partial charge in [-0.25, -0.2) is 4.79 Å². The molecule has 0 unspecified atom stereocenters. The Morgan fingerprint density at radius 2 is 2.16 bits per heavy atom. The van der Waals surface area contributed by atoms with Crippen molar-refractivity contribution in [3.8, 4) is 0 Å². The molecule has 2 aromatic rings. The van der Waals surface area contributed by atoms with Crippen LogP contribution in [0.4, 0.5) is 0 Å². The van der Waals surface area contributed by atoms with E-state index in [2.05, 4.69) is 15.3 Å². The summed E-state index contributed by atoms with van der Waals surface area (Å²) < 4.78 is 0. The molecule has 1 aliphatic carbocycles. The lowest BCUT2D eigenvalue weighted by Gasteiger charge is -2.17. The molecule has 6 nitrogen and oxygen atoms in total. The molecule has 1 amide bonds. The standard InChI is InChI=1S/C13H13N3O3/c17-10-5-7-3-1-2-4-8(7)11(10)16-12(18)9-6-14-13(19)15-9/h1-4,6,10-11,17H,5H2,(H,16,18)(H2,14,15,19)/t10-,11+/m0/s1. The minimum atomic E-state index is -0.646. The van der Waals surface area contributed by atoms with E-state index in [0.29, 0.717) is 6.42 Å². The van der Waals surface area contributed by atoms with E-state index in [9.17, 15) is 14.7 Å². The minimum Gasteiger partial charge on any atom is -0.390 e. The van der Waals surface area contributed by atoms with Crippen molar-refractivity contribution in [1.29, 1.82) is 0 Å². The van der Waals surface area contributed by atoms with E-state index in [-0.39, 0.29) is 5.69 Å². The van der Waals surface area contributed by atoms with E-state index in [1.807, 2.05) is 24.3 Å². The van der Waals surface area contributed by atoms with Crippen molar-refractivity contribution < 1.29 is 9.90 Å². The molecule has 6 heteroatoms. The van der Waals surface area contributed by atoms with Gasteiger partial charge in [0.1, 0.15) is 5.69 Å². The molecular weight excluding hydrogens is 246 g/mol. The quantitative estimate of drug-likeness (QED) is 0.615. The first-order chi connectivity index (χ1) is 9.15. The molecular formula is C13H13N3O3. The Hall–Kier alpha value is -2.34. The van der Waals surface area contributed by atoms with Crippen LogP contribution in [0.15, 0.2) is 35.3 Å². The summed E-state index contributed by atoms with van der Waals surface area (Å²) in [5.74, 6) is -0.417. The summed E-state index contributed by atoms with van der Waals surface area (Å²) in [4.78, 5) is 27.7. The van der Waals surface area contributed by atoms with Gasteiger partial charge in [0.05, 0.1) is 12.1 Å². The van der Waals surface area contributed by atoms with E-state index < -0.39 is 23.7 Å². The largest absolute Gasteiger partial charge is 0.390 e. The van der Waals surface area contributed by atoms with Gasteiger partial charge in [-0.15, -0.1) is 0 Å². The zero-order chi connectivity index (χ0) is 13.4. The van der Waals surface area contributed by atoms with Crippen LogP contribution < -0.4 is 11.0 Å². The Bertz CT molecular complexity index is 674. The summed E-state index contributed by atoms with van der Waals surface area (Å²) in [5.41, 5.74) is 1.67. The minimum absolute atomic E-state index is 0.154. The highest BCUT2D eigenvalue weighted by Crippen LogP contribution is 2.31.